The lowest BCUT2D eigenvalue weighted by atomic mass is 10.0. The van der Waals surface area contributed by atoms with Gasteiger partial charge in [-0.15, -0.1) is 11.3 Å². The minimum atomic E-state index is -0.567. The van der Waals surface area contributed by atoms with Gasteiger partial charge in [0.15, 0.2) is 6.61 Å². The number of hydrogen-bond donors (Lipinski definition) is 2. The monoisotopic (exact) mass is 303 g/mol. The molecule has 0 atom stereocenters. The van der Waals surface area contributed by atoms with E-state index in [-0.39, 0.29) is 12.5 Å². The standard InChI is InChI=1S/C14H13N3O3S/c1-17-9-4-7(2-3-10(9)20-5-11(17)18)8-6-21-14(16)12(8)13(15)19/h2-4,6H,5,16H2,1H3,(H2,15,19). The molecule has 3 rings (SSSR count). The minimum absolute atomic E-state index is 0.0286. The van der Waals surface area contributed by atoms with Gasteiger partial charge in [-0.25, -0.2) is 0 Å². The number of ether oxygens (including phenoxy) is 1. The predicted octanol–water partition coefficient (Wildman–Crippen LogP) is 1.45. The molecule has 4 N–H and O–H groups in total. The largest absolute Gasteiger partial charge is 0.482 e. The van der Waals surface area contributed by atoms with Gasteiger partial charge in [-0.05, 0) is 17.7 Å². The van der Waals surface area contributed by atoms with E-state index >= 15 is 0 Å². The summed E-state index contributed by atoms with van der Waals surface area (Å²) in [5.41, 5.74) is 13.6. The van der Waals surface area contributed by atoms with Crippen LogP contribution in [0.1, 0.15) is 10.4 Å². The van der Waals surface area contributed by atoms with Crippen LogP contribution in [0.3, 0.4) is 0 Å². The number of primary amides is 1. The first kappa shape index (κ1) is 13.4. The molecule has 108 valence electrons. The molecule has 0 bridgehead atoms. The normalized spacial score (nSPS) is 13.8. The number of rotatable bonds is 2. The van der Waals surface area contributed by atoms with Gasteiger partial charge in [0.1, 0.15) is 5.75 Å². The summed E-state index contributed by atoms with van der Waals surface area (Å²) in [5.74, 6) is -0.0635. The summed E-state index contributed by atoms with van der Waals surface area (Å²) in [6, 6.07) is 5.38. The van der Waals surface area contributed by atoms with Crippen LogP contribution in [0.5, 0.6) is 5.75 Å². The SMILES string of the molecule is CN1C(=O)COc2ccc(-c3csc(N)c3C(N)=O)cc21. The van der Waals surface area contributed by atoms with E-state index in [2.05, 4.69) is 0 Å². The van der Waals surface area contributed by atoms with Crippen LogP contribution in [0.25, 0.3) is 11.1 Å². The van der Waals surface area contributed by atoms with E-state index in [4.69, 9.17) is 16.2 Å². The number of benzene rings is 1. The smallest absolute Gasteiger partial charge is 0.264 e. The van der Waals surface area contributed by atoms with Gasteiger partial charge < -0.3 is 21.1 Å². The van der Waals surface area contributed by atoms with E-state index in [1.165, 1.54) is 16.2 Å². The van der Waals surface area contributed by atoms with Gasteiger partial charge in [0.2, 0.25) is 0 Å². The molecule has 2 heterocycles. The van der Waals surface area contributed by atoms with Crippen LogP contribution in [-0.2, 0) is 4.79 Å². The fourth-order valence-corrected chi connectivity index (χ4v) is 3.11. The third-order valence-electron chi connectivity index (χ3n) is 3.42. The van der Waals surface area contributed by atoms with E-state index in [1.54, 1.807) is 24.6 Å². The molecule has 0 unspecified atom stereocenters. The van der Waals surface area contributed by atoms with Crippen LogP contribution in [0.15, 0.2) is 23.6 Å². The molecule has 0 saturated heterocycles. The Morgan fingerprint density at radius 1 is 1.43 bits per heavy atom. The van der Waals surface area contributed by atoms with Gasteiger partial charge in [-0.1, -0.05) is 6.07 Å². The molecule has 0 fully saturated rings. The van der Waals surface area contributed by atoms with E-state index in [0.29, 0.717) is 27.6 Å². The third-order valence-corrected chi connectivity index (χ3v) is 4.23. The van der Waals surface area contributed by atoms with Crippen molar-refractivity contribution in [1.29, 1.82) is 0 Å². The molecule has 0 saturated carbocycles. The Labute approximate surface area is 124 Å². The van der Waals surface area contributed by atoms with Crippen molar-refractivity contribution in [2.75, 3.05) is 24.3 Å². The third kappa shape index (κ3) is 2.11. The van der Waals surface area contributed by atoms with Crippen molar-refractivity contribution < 1.29 is 14.3 Å². The highest BCUT2D eigenvalue weighted by Gasteiger charge is 2.24. The average molecular weight is 303 g/mol. The van der Waals surface area contributed by atoms with E-state index in [0.717, 1.165) is 5.56 Å². The summed E-state index contributed by atoms with van der Waals surface area (Å²) in [6.45, 7) is 0.0286. The van der Waals surface area contributed by atoms with Gasteiger partial charge >= 0.3 is 0 Å². The number of likely N-dealkylation sites (N-methyl/N-ethyl adjacent to an activating group) is 1. The summed E-state index contributed by atoms with van der Waals surface area (Å²) < 4.78 is 5.37. The number of carbonyl (C=O) groups is 2. The van der Waals surface area contributed by atoms with Crippen molar-refractivity contribution in [2.24, 2.45) is 5.73 Å². The van der Waals surface area contributed by atoms with Crippen molar-refractivity contribution in [2.45, 2.75) is 0 Å². The maximum Gasteiger partial charge on any atom is 0.264 e. The fraction of sp³-hybridized carbons (Fsp3) is 0.143. The zero-order chi connectivity index (χ0) is 15.1. The summed E-state index contributed by atoms with van der Waals surface area (Å²) in [5, 5.41) is 2.17. The van der Waals surface area contributed by atoms with E-state index < -0.39 is 5.91 Å². The molecule has 1 aromatic carbocycles. The van der Waals surface area contributed by atoms with Crippen LogP contribution in [-0.4, -0.2) is 25.5 Å². The zero-order valence-corrected chi connectivity index (χ0v) is 12.1. The predicted molar refractivity (Wildman–Crippen MR) is 81.6 cm³/mol. The highest BCUT2D eigenvalue weighted by atomic mass is 32.1. The number of nitrogen functional groups attached to an aromatic ring is 1. The fourth-order valence-electron chi connectivity index (χ4n) is 2.28. The molecular formula is C14H13N3O3S. The van der Waals surface area contributed by atoms with Crippen LogP contribution < -0.4 is 21.1 Å². The topological polar surface area (TPSA) is 98.7 Å². The van der Waals surface area contributed by atoms with Crippen LogP contribution in [0, 0.1) is 0 Å². The van der Waals surface area contributed by atoms with Crippen LogP contribution in [0.2, 0.25) is 0 Å². The Morgan fingerprint density at radius 2 is 2.19 bits per heavy atom. The molecule has 6 nitrogen and oxygen atoms in total. The van der Waals surface area contributed by atoms with Crippen LogP contribution in [0.4, 0.5) is 10.7 Å². The number of nitrogens with zero attached hydrogens (tertiary/aromatic N) is 1. The Balaban J connectivity index is 2.13. The molecule has 1 aliphatic rings. The second-order valence-corrected chi connectivity index (χ2v) is 5.59. The molecular weight excluding hydrogens is 290 g/mol. The van der Waals surface area contributed by atoms with Gasteiger partial charge in [0.05, 0.1) is 16.3 Å². The molecule has 2 amide bonds. The Kier molecular flexibility index (Phi) is 3.06. The van der Waals surface area contributed by atoms with Gasteiger partial charge in [-0.3, -0.25) is 9.59 Å². The first-order valence-corrected chi connectivity index (χ1v) is 7.07. The number of amides is 2. The van der Waals surface area contributed by atoms with E-state index in [1.807, 2.05) is 6.07 Å². The van der Waals surface area contributed by atoms with Crippen LogP contribution >= 0.6 is 11.3 Å². The number of nitrogens with two attached hydrogens (primary N) is 2. The minimum Gasteiger partial charge on any atom is -0.482 e. The molecule has 21 heavy (non-hydrogen) atoms. The second kappa shape index (κ2) is 4.78. The number of thiophene rings is 1. The quantitative estimate of drug-likeness (QED) is 0.877. The molecule has 0 aliphatic carbocycles. The molecule has 0 radical (unpaired) electrons. The molecule has 1 aliphatic heterocycles. The average Bonchev–Trinajstić information content (AvgIpc) is 2.85. The van der Waals surface area contributed by atoms with Gasteiger partial charge in [-0.2, -0.15) is 0 Å². The highest BCUT2D eigenvalue weighted by Crippen LogP contribution is 2.39. The maximum atomic E-state index is 11.7. The second-order valence-electron chi connectivity index (χ2n) is 4.68. The molecule has 0 spiro atoms. The highest BCUT2D eigenvalue weighted by molar-refractivity contribution is 7.15. The van der Waals surface area contributed by atoms with Crippen molar-refractivity contribution >= 4 is 33.8 Å². The van der Waals surface area contributed by atoms with E-state index in [9.17, 15) is 9.59 Å². The lowest BCUT2D eigenvalue weighted by Crippen LogP contribution is -2.35. The molecule has 1 aromatic heterocycles. The molecule has 2 aromatic rings. The number of hydrogen-bond acceptors (Lipinski definition) is 5. The lowest BCUT2D eigenvalue weighted by Gasteiger charge is -2.26. The number of anilines is 2. The number of carbonyl (C=O) groups excluding carboxylic acids is 2. The Hall–Kier alpha value is -2.54. The first-order chi connectivity index (χ1) is 9.99. The number of fused-ring (bicyclic) bond motifs is 1. The van der Waals surface area contributed by atoms with Gasteiger partial charge in [0.25, 0.3) is 11.8 Å². The van der Waals surface area contributed by atoms with Crippen molar-refractivity contribution in [3.05, 3.63) is 29.1 Å². The maximum absolute atomic E-state index is 11.7. The summed E-state index contributed by atoms with van der Waals surface area (Å²) in [6.07, 6.45) is 0. The summed E-state index contributed by atoms with van der Waals surface area (Å²) >= 11 is 1.26. The van der Waals surface area contributed by atoms with Crippen molar-refractivity contribution in [3.8, 4) is 16.9 Å². The van der Waals surface area contributed by atoms with Crippen molar-refractivity contribution in [1.82, 2.24) is 0 Å². The summed E-state index contributed by atoms with van der Waals surface area (Å²) in [7, 11) is 1.68. The zero-order valence-electron chi connectivity index (χ0n) is 11.3. The van der Waals surface area contributed by atoms with Crippen molar-refractivity contribution in [3.63, 3.8) is 0 Å². The Morgan fingerprint density at radius 3 is 2.90 bits per heavy atom. The first-order valence-electron chi connectivity index (χ1n) is 6.19. The lowest BCUT2D eigenvalue weighted by molar-refractivity contribution is -0.120. The van der Waals surface area contributed by atoms with Gasteiger partial charge in [0, 0.05) is 18.0 Å². The molecule has 7 heteroatoms. The Bertz CT molecular complexity index is 754. The summed E-state index contributed by atoms with van der Waals surface area (Å²) in [4.78, 5) is 24.8.